The molecule has 0 spiro atoms. The van der Waals surface area contributed by atoms with E-state index in [9.17, 15) is 4.79 Å². The van der Waals surface area contributed by atoms with Gasteiger partial charge in [0.2, 0.25) is 0 Å². The first-order valence-corrected chi connectivity index (χ1v) is 8.29. The van der Waals surface area contributed by atoms with Crippen LogP contribution in [0.25, 0.3) is 0 Å². The number of urea groups is 1. The highest BCUT2D eigenvalue weighted by atomic mass is 16.5. The van der Waals surface area contributed by atoms with E-state index < -0.39 is 0 Å². The molecule has 5 nitrogen and oxygen atoms in total. The van der Waals surface area contributed by atoms with Crippen LogP contribution in [0.15, 0.2) is 42.5 Å². The molecule has 25 heavy (non-hydrogen) atoms. The van der Waals surface area contributed by atoms with Gasteiger partial charge < -0.3 is 19.9 Å². The van der Waals surface area contributed by atoms with E-state index >= 15 is 0 Å². The molecule has 2 aromatic rings. The van der Waals surface area contributed by atoms with Crippen molar-refractivity contribution in [2.75, 3.05) is 33.2 Å². The summed E-state index contributed by atoms with van der Waals surface area (Å²) in [5.41, 5.74) is 4.35. The predicted molar refractivity (Wildman–Crippen MR) is 102 cm³/mol. The van der Waals surface area contributed by atoms with Gasteiger partial charge in [0.15, 0.2) is 0 Å². The normalized spacial score (nSPS) is 10.3. The van der Waals surface area contributed by atoms with Gasteiger partial charge in [-0.15, -0.1) is 0 Å². The molecule has 0 aromatic heterocycles. The summed E-state index contributed by atoms with van der Waals surface area (Å²) in [6.45, 7) is 3.06. The number of hydrogen-bond donors (Lipinski definition) is 1. The summed E-state index contributed by atoms with van der Waals surface area (Å²) in [6.07, 6.45) is 0. The number of methoxy groups -OCH3 is 1. The van der Waals surface area contributed by atoms with Crippen LogP contribution in [0.2, 0.25) is 0 Å². The number of anilines is 1. The maximum atomic E-state index is 12.3. The first-order chi connectivity index (χ1) is 11.9. The van der Waals surface area contributed by atoms with Crippen LogP contribution in [0, 0.1) is 6.92 Å². The van der Waals surface area contributed by atoms with Crippen molar-refractivity contribution in [2.24, 2.45) is 0 Å². The smallest absolute Gasteiger partial charge is 0.317 e. The van der Waals surface area contributed by atoms with Crippen LogP contribution in [0.5, 0.6) is 5.75 Å². The Labute approximate surface area is 150 Å². The number of amides is 2. The highest BCUT2D eigenvalue weighted by Gasteiger charge is 2.09. The minimum absolute atomic E-state index is 0.0924. The number of benzene rings is 2. The van der Waals surface area contributed by atoms with Gasteiger partial charge in [-0.1, -0.05) is 24.3 Å². The summed E-state index contributed by atoms with van der Waals surface area (Å²) >= 11 is 0. The Kier molecular flexibility index (Phi) is 6.28. The van der Waals surface area contributed by atoms with E-state index in [1.165, 1.54) is 0 Å². The third-order valence-electron chi connectivity index (χ3n) is 4.12. The maximum absolute atomic E-state index is 12.3. The summed E-state index contributed by atoms with van der Waals surface area (Å²) in [6, 6.07) is 14.0. The molecular formula is C20H27N3O2. The van der Waals surface area contributed by atoms with Crippen molar-refractivity contribution in [3.05, 3.63) is 59.2 Å². The van der Waals surface area contributed by atoms with Crippen LogP contribution in [0.3, 0.4) is 0 Å². The highest BCUT2D eigenvalue weighted by Crippen LogP contribution is 2.18. The topological polar surface area (TPSA) is 44.8 Å². The number of rotatable bonds is 6. The van der Waals surface area contributed by atoms with Gasteiger partial charge in [0.1, 0.15) is 5.75 Å². The van der Waals surface area contributed by atoms with Gasteiger partial charge in [0.25, 0.3) is 0 Å². The quantitative estimate of drug-likeness (QED) is 0.876. The average molecular weight is 341 g/mol. The Morgan fingerprint density at radius 2 is 1.68 bits per heavy atom. The molecule has 0 aliphatic rings. The Hall–Kier alpha value is -2.69. The Morgan fingerprint density at radius 3 is 2.24 bits per heavy atom. The Morgan fingerprint density at radius 1 is 1.04 bits per heavy atom. The number of hydrogen-bond acceptors (Lipinski definition) is 3. The molecule has 0 aliphatic carbocycles. The summed E-state index contributed by atoms with van der Waals surface area (Å²) in [4.78, 5) is 16.0. The molecule has 2 amide bonds. The van der Waals surface area contributed by atoms with Crippen molar-refractivity contribution < 1.29 is 9.53 Å². The van der Waals surface area contributed by atoms with Gasteiger partial charge in [-0.25, -0.2) is 4.79 Å². The first kappa shape index (κ1) is 18.6. The van der Waals surface area contributed by atoms with Crippen molar-refractivity contribution in [1.29, 1.82) is 0 Å². The van der Waals surface area contributed by atoms with Crippen LogP contribution in [-0.2, 0) is 13.1 Å². The average Bonchev–Trinajstić information content (AvgIpc) is 2.60. The second-order valence-corrected chi connectivity index (χ2v) is 6.38. The largest absolute Gasteiger partial charge is 0.496 e. The van der Waals surface area contributed by atoms with Crippen molar-refractivity contribution in [2.45, 2.75) is 20.0 Å². The molecule has 0 atom stereocenters. The van der Waals surface area contributed by atoms with Gasteiger partial charge in [0.05, 0.1) is 7.11 Å². The minimum Gasteiger partial charge on any atom is -0.496 e. The summed E-state index contributed by atoms with van der Waals surface area (Å²) in [5.74, 6) is 0.855. The molecule has 0 saturated carbocycles. The van der Waals surface area contributed by atoms with Gasteiger partial charge in [0, 0.05) is 39.9 Å². The van der Waals surface area contributed by atoms with Crippen molar-refractivity contribution in [3.63, 3.8) is 0 Å². The zero-order valence-corrected chi connectivity index (χ0v) is 15.7. The van der Waals surface area contributed by atoms with E-state index in [1.807, 2.05) is 51.4 Å². The van der Waals surface area contributed by atoms with Gasteiger partial charge in [-0.05, 0) is 41.8 Å². The number of nitrogens with zero attached hydrogens (tertiary/aromatic N) is 2. The highest BCUT2D eigenvalue weighted by molar-refractivity contribution is 5.73. The van der Waals surface area contributed by atoms with Gasteiger partial charge >= 0.3 is 6.03 Å². The lowest BCUT2D eigenvalue weighted by molar-refractivity contribution is 0.206. The second-order valence-electron chi connectivity index (χ2n) is 6.38. The zero-order chi connectivity index (χ0) is 18.4. The Balaban J connectivity index is 1.88. The molecule has 134 valence electrons. The van der Waals surface area contributed by atoms with Crippen LogP contribution in [-0.4, -0.2) is 39.2 Å². The van der Waals surface area contributed by atoms with E-state index in [0.717, 1.165) is 28.1 Å². The van der Waals surface area contributed by atoms with E-state index in [4.69, 9.17) is 4.74 Å². The second kappa shape index (κ2) is 8.42. The first-order valence-electron chi connectivity index (χ1n) is 8.29. The van der Waals surface area contributed by atoms with E-state index in [0.29, 0.717) is 13.1 Å². The van der Waals surface area contributed by atoms with Gasteiger partial charge in [-0.2, -0.15) is 0 Å². The number of carbonyl (C=O) groups is 1. The molecular weight excluding hydrogens is 314 g/mol. The lowest BCUT2D eigenvalue weighted by Crippen LogP contribution is -2.36. The third kappa shape index (κ3) is 5.14. The number of ether oxygens (including phenoxy) is 1. The molecule has 0 bridgehead atoms. The van der Waals surface area contributed by atoms with Crippen molar-refractivity contribution in [1.82, 2.24) is 10.2 Å². The van der Waals surface area contributed by atoms with Gasteiger partial charge in [-0.3, -0.25) is 0 Å². The molecule has 0 saturated heterocycles. The standard InChI is InChI=1S/C20H27N3O2/c1-15-12-17(8-11-19(15)25-5)13-21-20(24)23(4)14-16-6-9-18(10-7-16)22(2)3/h6-12H,13-14H2,1-5H3,(H,21,24). The fraction of sp³-hybridized carbons (Fsp3) is 0.350. The lowest BCUT2D eigenvalue weighted by atomic mass is 10.1. The summed E-state index contributed by atoms with van der Waals surface area (Å²) in [5, 5.41) is 2.95. The molecule has 0 heterocycles. The number of nitrogens with one attached hydrogen (secondary N) is 1. The van der Waals surface area contributed by atoms with Crippen LogP contribution in [0.1, 0.15) is 16.7 Å². The molecule has 2 aromatic carbocycles. The molecule has 0 unspecified atom stereocenters. The van der Waals surface area contributed by atoms with Crippen LogP contribution in [0.4, 0.5) is 10.5 Å². The van der Waals surface area contributed by atoms with Crippen LogP contribution < -0.4 is 15.0 Å². The maximum Gasteiger partial charge on any atom is 0.317 e. The molecule has 0 fully saturated rings. The zero-order valence-electron chi connectivity index (χ0n) is 15.7. The van der Waals surface area contributed by atoms with Crippen molar-refractivity contribution >= 4 is 11.7 Å². The fourth-order valence-electron chi connectivity index (χ4n) is 2.61. The lowest BCUT2D eigenvalue weighted by Gasteiger charge is -2.19. The SMILES string of the molecule is COc1ccc(CNC(=O)N(C)Cc2ccc(N(C)C)cc2)cc1C. The summed E-state index contributed by atoms with van der Waals surface area (Å²) in [7, 11) is 7.48. The van der Waals surface area contributed by atoms with E-state index in [-0.39, 0.29) is 6.03 Å². The van der Waals surface area contributed by atoms with Crippen LogP contribution >= 0.6 is 0 Å². The predicted octanol–water partition coefficient (Wildman–Crippen LogP) is 3.41. The molecule has 0 radical (unpaired) electrons. The molecule has 0 aliphatic heterocycles. The molecule has 1 N–H and O–H groups in total. The Bertz CT molecular complexity index is 711. The monoisotopic (exact) mass is 341 g/mol. The number of aryl methyl sites for hydroxylation is 1. The number of carbonyl (C=O) groups excluding carboxylic acids is 1. The van der Waals surface area contributed by atoms with Crippen molar-refractivity contribution in [3.8, 4) is 5.75 Å². The fourth-order valence-corrected chi connectivity index (χ4v) is 2.61. The van der Waals surface area contributed by atoms with E-state index in [1.54, 1.807) is 19.1 Å². The molecule has 2 rings (SSSR count). The minimum atomic E-state index is -0.0924. The summed E-state index contributed by atoms with van der Waals surface area (Å²) < 4.78 is 5.25. The van der Waals surface area contributed by atoms with E-state index in [2.05, 4.69) is 22.3 Å². The third-order valence-corrected chi connectivity index (χ3v) is 4.12. The molecule has 5 heteroatoms.